The summed E-state index contributed by atoms with van der Waals surface area (Å²) in [6, 6.07) is 8.39. The van der Waals surface area contributed by atoms with Crippen LogP contribution < -0.4 is 10.6 Å². The molecule has 0 radical (unpaired) electrons. The van der Waals surface area contributed by atoms with Gasteiger partial charge in [0.2, 0.25) is 0 Å². The lowest BCUT2D eigenvalue weighted by molar-refractivity contribution is 0.199. The van der Waals surface area contributed by atoms with Crippen molar-refractivity contribution in [1.29, 1.82) is 0 Å². The van der Waals surface area contributed by atoms with E-state index in [1.165, 1.54) is 5.56 Å². The number of benzene rings is 1. The van der Waals surface area contributed by atoms with Crippen LogP contribution >= 0.6 is 0 Å². The minimum Gasteiger partial charge on any atom is -0.388 e. The Labute approximate surface area is 85.5 Å². The SMILES string of the molecule is CNc1ccc(CNCCOC)cc1. The normalized spacial score (nSPS) is 10.1. The summed E-state index contributed by atoms with van der Waals surface area (Å²) < 4.78 is 4.94. The third-order valence-corrected chi connectivity index (χ3v) is 2.05. The number of hydrogen-bond donors (Lipinski definition) is 2. The predicted molar refractivity (Wildman–Crippen MR) is 59.6 cm³/mol. The molecule has 0 saturated carbocycles. The van der Waals surface area contributed by atoms with E-state index in [1.54, 1.807) is 7.11 Å². The Balaban J connectivity index is 2.29. The van der Waals surface area contributed by atoms with Crippen molar-refractivity contribution in [3.05, 3.63) is 29.8 Å². The van der Waals surface area contributed by atoms with E-state index in [0.29, 0.717) is 0 Å². The standard InChI is InChI=1S/C11H18N2O/c1-12-11-5-3-10(4-6-11)9-13-7-8-14-2/h3-6,12-13H,7-9H2,1-2H3. The van der Waals surface area contributed by atoms with Crippen LogP contribution in [-0.2, 0) is 11.3 Å². The Bertz CT molecular complexity index is 246. The van der Waals surface area contributed by atoms with E-state index in [4.69, 9.17) is 4.74 Å². The average Bonchev–Trinajstić information content (AvgIpc) is 2.25. The fraction of sp³-hybridized carbons (Fsp3) is 0.455. The highest BCUT2D eigenvalue weighted by atomic mass is 16.5. The summed E-state index contributed by atoms with van der Waals surface area (Å²) in [6.07, 6.45) is 0. The first-order valence-corrected chi connectivity index (χ1v) is 4.83. The molecule has 3 heteroatoms. The summed E-state index contributed by atoms with van der Waals surface area (Å²) in [6.45, 7) is 2.55. The second-order valence-corrected chi connectivity index (χ2v) is 3.12. The zero-order chi connectivity index (χ0) is 10.2. The quantitative estimate of drug-likeness (QED) is 0.673. The van der Waals surface area contributed by atoms with Crippen molar-refractivity contribution >= 4 is 5.69 Å². The molecule has 0 atom stereocenters. The van der Waals surface area contributed by atoms with Crippen molar-refractivity contribution in [2.24, 2.45) is 0 Å². The van der Waals surface area contributed by atoms with E-state index in [1.807, 2.05) is 7.05 Å². The first kappa shape index (κ1) is 11.0. The second kappa shape index (κ2) is 6.40. The molecular weight excluding hydrogens is 176 g/mol. The molecule has 1 aromatic carbocycles. The Kier molecular flexibility index (Phi) is 5.04. The molecule has 0 fully saturated rings. The lowest BCUT2D eigenvalue weighted by atomic mass is 10.2. The molecule has 1 rings (SSSR count). The van der Waals surface area contributed by atoms with Crippen LogP contribution in [0.2, 0.25) is 0 Å². The van der Waals surface area contributed by atoms with E-state index in [2.05, 4.69) is 34.9 Å². The molecule has 0 bridgehead atoms. The summed E-state index contributed by atoms with van der Waals surface area (Å²) in [5.41, 5.74) is 2.44. The fourth-order valence-electron chi connectivity index (χ4n) is 1.20. The third-order valence-electron chi connectivity index (χ3n) is 2.05. The number of rotatable bonds is 6. The van der Waals surface area contributed by atoms with E-state index >= 15 is 0 Å². The molecule has 78 valence electrons. The van der Waals surface area contributed by atoms with Gasteiger partial charge in [-0.1, -0.05) is 12.1 Å². The molecule has 0 aromatic heterocycles. The first-order valence-electron chi connectivity index (χ1n) is 4.83. The van der Waals surface area contributed by atoms with E-state index in [0.717, 1.165) is 25.4 Å². The highest BCUT2D eigenvalue weighted by molar-refractivity contribution is 5.43. The third kappa shape index (κ3) is 3.77. The minimum absolute atomic E-state index is 0.759. The lowest BCUT2D eigenvalue weighted by Crippen LogP contribution is -2.18. The van der Waals surface area contributed by atoms with Gasteiger partial charge in [0.25, 0.3) is 0 Å². The van der Waals surface area contributed by atoms with Crippen molar-refractivity contribution in [3.8, 4) is 0 Å². The van der Waals surface area contributed by atoms with Gasteiger partial charge in [-0.3, -0.25) is 0 Å². The van der Waals surface area contributed by atoms with Crippen LogP contribution in [0, 0.1) is 0 Å². The number of hydrogen-bond acceptors (Lipinski definition) is 3. The highest BCUT2D eigenvalue weighted by Gasteiger charge is 1.92. The Hall–Kier alpha value is -1.06. The van der Waals surface area contributed by atoms with Crippen LogP contribution in [-0.4, -0.2) is 27.3 Å². The minimum atomic E-state index is 0.759. The molecule has 2 N–H and O–H groups in total. The van der Waals surface area contributed by atoms with Crippen LogP contribution in [0.3, 0.4) is 0 Å². The number of anilines is 1. The Morgan fingerprint density at radius 3 is 2.50 bits per heavy atom. The Morgan fingerprint density at radius 2 is 1.93 bits per heavy atom. The van der Waals surface area contributed by atoms with E-state index < -0.39 is 0 Å². The summed E-state index contributed by atoms with van der Waals surface area (Å²) in [4.78, 5) is 0. The largest absolute Gasteiger partial charge is 0.388 e. The van der Waals surface area contributed by atoms with E-state index in [9.17, 15) is 0 Å². The molecule has 0 heterocycles. The van der Waals surface area contributed by atoms with Crippen molar-refractivity contribution in [2.75, 3.05) is 32.6 Å². The summed E-state index contributed by atoms with van der Waals surface area (Å²) >= 11 is 0. The van der Waals surface area contributed by atoms with Crippen LogP contribution in [0.15, 0.2) is 24.3 Å². The molecule has 0 saturated heterocycles. The first-order chi connectivity index (χ1) is 6.86. The van der Waals surface area contributed by atoms with Gasteiger partial charge in [0.1, 0.15) is 0 Å². The molecule has 0 aliphatic carbocycles. The Morgan fingerprint density at radius 1 is 1.21 bits per heavy atom. The van der Waals surface area contributed by atoms with Gasteiger partial charge < -0.3 is 15.4 Å². The second-order valence-electron chi connectivity index (χ2n) is 3.12. The van der Waals surface area contributed by atoms with Gasteiger partial charge >= 0.3 is 0 Å². The van der Waals surface area contributed by atoms with Crippen LogP contribution in [0.1, 0.15) is 5.56 Å². The molecule has 0 unspecified atom stereocenters. The van der Waals surface area contributed by atoms with Gasteiger partial charge in [-0.2, -0.15) is 0 Å². The topological polar surface area (TPSA) is 33.3 Å². The maximum Gasteiger partial charge on any atom is 0.0587 e. The highest BCUT2D eigenvalue weighted by Crippen LogP contribution is 2.07. The molecule has 1 aromatic rings. The van der Waals surface area contributed by atoms with Gasteiger partial charge in [0.05, 0.1) is 6.61 Å². The fourth-order valence-corrected chi connectivity index (χ4v) is 1.20. The zero-order valence-corrected chi connectivity index (χ0v) is 8.84. The predicted octanol–water partition coefficient (Wildman–Crippen LogP) is 1.46. The van der Waals surface area contributed by atoms with E-state index in [-0.39, 0.29) is 0 Å². The van der Waals surface area contributed by atoms with Crippen LogP contribution in [0.5, 0.6) is 0 Å². The molecule has 3 nitrogen and oxygen atoms in total. The monoisotopic (exact) mass is 194 g/mol. The molecule has 14 heavy (non-hydrogen) atoms. The lowest BCUT2D eigenvalue weighted by Gasteiger charge is -2.05. The van der Waals surface area contributed by atoms with Crippen molar-refractivity contribution in [2.45, 2.75) is 6.54 Å². The van der Waals surface area contributed by atoms with Gasteiger partial charge in [-0.05, 0) is 17.7 Å². The van der Waals surface area contributed by atoms with Crippen LogP contribution in [0.25, 0.3) is 0 Å². The molecule has 0 spiro atoms. The molecule has 0 aliphatic rings. The maximum atomic E-state index is 4.94. The summed E-state index contributed by atoms with van der Waals surface area (Å²) in [5, 5.41) is 6.38. The van der Waals surface area contributed by atoms with Crippen LogP contribution in [0.4, 0.5) is 5.69 Å². The number of nitrogens with one attached hydrogen (secondary N) is 2. The zero-order valence-electron chi connectivity index (χ0n) is 8.84. The van der Waals surface area contributed by atoms with Crippen molar-refractivity contribution in [3.63, 3.8) is 0 Å². The van der Waals surface area contributed by atoms with Crippen molar-refractivity contribution in [1.82, 2.24) is 5.32 Å². The maximum absolute atomic E-state index is 4.94. The number of methoxy groups -OCH3 is 1. The van der Waals surface area contributed by atoms with Gasteiger partial charge in [-0.25, -0.2) is 0 Å². The van der Waals surface area contributed by atoms with Crippen molar-refractivity contribution < 1.29 is 4.74 Å². The molecule has 0 amide bonds. The van der Waals surface area contributed by atoms with Gasteiger partial charge in [0.15, 0.2) is 0 Å². The summed E-state index contributed by atoms with van der Waals surface area (Å²) in [7, 11) is 3.63. The molecule has 0 aliphatic heterocycles. The van der Waals surface area contributed by atoms with Gasteiger partial charge in [0, 0.05) is 32.9 Å². The molecular formula is C11H18N2O. The average molecular weight is 194 g/mol. The smallest absolute Gasteiger partial charge is 0.0587 e. The summed E-state index contributed by atoms with van der Waals surface area (Å²) in [5.74, 6) is 0. The number of ether oxygens (including phenoxy) is 1. The van der Waals surface area contributed by atoms with Gasteiger partial charge in [-0.15, -0.1) is 0 Å².